The maximum absolute atomic E-state index is 12.2. The molecular formula is C22H22ClN3O3. The average molecular weight is 412 g/mol. The molecule has 2 fully saturated rings. The molecule has 4 rings (SSSR count). The van der Waals surface area contributed by atoms with Crippen molar-refractivity contribution in [2.24, 2.45) is 0 Å². The van der Waals surface area contributed by atoms with Gasteiger partial charge in [0.1, 0.15) is 0 Å². The number of hydrogen-bond donors (Lipinski definition) is 1. The minimum absolute atomic E-state index is 0.0501. The first-order valence-corrected chi connectivity index (χ1v) is 10.0. The van der Waals surface area contributed by atoms with Gasteiger partial charge in [0.2, 0.25) is 11.8 Å². The van der Waals surface area contributed by atoms with Gasteiger partial charge in [-0.1, -0.05) is 54.1 Å². The summed E-state index contributed by atoms with van der Waals surface area (Å²) < 4.78 is 0. The summed E-state index contributed by atoms with van der Waals surface area (Å²) in [5.41, 5.74) is 3.58. The molecule has 0 saturated carbocycles. The number of nitrogens with one attached hydrogen (secondary N) is 1. The molecule has 0 aliphatic carbocycles. The number of hydrogen-bond acceptors (Lipinski definition) is 3. The first-order valence-electron chi connectivity index (χ1n) is 9.65. The second-order valence-corrected chi connectivity index (χ2v) is 7.91. The van der Waals surface area contributed by atoms with Crippen molar-refractivity contribution < 1.29 is 14.4 Å². The van der Waals surface area contributed by atoms with Gasteiger partial charge in [0, 0.05) is 38.7 Å². The number of rotatable bonds is 4. The van der Waals surface area contributed by atoms with E-state index in [1.807, 2.05) is 54.4 Å². The minimum Gasteiger partial charge on any atom is -0.326 e. The van der Waals surface area contributed by atoms with Crippen LogP contribution in [0.25, 0.3) is 11.1 Å². The van der Waals surface area contributed by atoms with Crippen molar-refractivity contribution in [2.45, 2.75) is 25.3 Å². The number of piperidine rings is 1. The number of urea groups is 1. The molecule has 1 N–H and O–H groups in total. The van der Waals surface area contributed by atoms with Crippen LogP contribution in [0.15, 0.2) is 42.5 Å². The van der Waals surface area contributed by atoms with E-state index in [0.29, 0.717) is 24.4 Å². The number of amides is 4. The molecule has 29 heavy (non-hydrogen) atoms. The fraction of sp³-hybridized carbons (Fsp3) is 0.318. The summed E-state index contributed by atoms with van der Waals surface area (Å²) in [6, 6.07) is 13.7. The minimum atomic E-state index is -0.419. The molecular weight excluding hydrogens is 390 g/mol. The molecule has 2 aromatic carbocycles. The Morgan fingerprint density at radius 2 is 1.83 bits per heavy atom. The summed E-state index contributed by atoms with van der Waals surface area (Å²) >= 11 is 6.67. The highest BCUT2D eigenvalue weighted by Gasteiger charge is 2.30. The number of carbonyl (C=O) groups excluding carboxylic acids is 3. The third kappa shape index (κ3) is 3.85. The summed E-state index contributed by atoms with van der Waals surface area (Å²) in [6.45, 7) is 2.06. The Labute approximate surface area is 174 Å². The topological polar surface area (TPSA) is 69.7 Å². The van der Waals surface area contributed by atoms with Crippen molar-refractivity contribution >= 4 is 29.4 Å². The summed E-state index contributed by atoms with van der Waals surface area (Å²) in [7, 11) is 1.81. The fourth-order valence-corrected chi connectivity index (χ4v) is 4.26. The molecule has 0 radical (unpaired) electrons. The number of imide groups is 1. The van der Waals surface area contributed by atoms with Crippen LogP contribution in [0.2, 0.25) is 5.02 Å². The molecule has 2 heterocycles. The smallest absolute Gasteiger partial charge is 0.320 e. The lowest BCUT2D eigenvalue weighted by Crippen LogP contribution is -2.39. The fourth-order valence-electron chi connectivity index (χ4n) is 3.89. The zero-order valence-corrected chi connectivity index (χ0v) is 16.9. The van der Waals surface area contributed by atoms with E-state index in [-0.39, 0.29) is 17.8 Å². The van der Waals surface area contributed by atoms with Crippen LogP contribution in [0.4, 0.5) is 4.79 Å². The standard InChI is InChI=1S/C22H22ClN3O3/c1-25-11-12-26(22(25)29)13-14-5-7-15(8-6-14)16-3-2-4-17(20(16)23)18-9-10-19(27)24-21(18)28/h2-8,18H,9-13H2,1H3,(H,24,27,28). The van der Waals surface area contributed by atoms with Crippen molar-refractivity contribution in [3.63, 3.8) is 0 Å². The van der Waals surface area contributed by atoms with E-state index in [4.69, 9.17) is 11.6 Å². The Balaban J connectivity index is 1.55. The predicted molar refractivity (Wildman–Crippen MR) is 110 cm³/mol. The van der Waals surface area contributed by atoms with E-state index >= 15 is 0 Å². The Bertz CT molecular complexity index is 974. The Morgan fingerprint density at radius 3 is 2.48 bits per heavy atom. The molecule has 2 saturated heterocycles. The van der Waals surface area contributed by atoms with Crippen molar-refractivity contribution in [3.8, 4) is 11.1 Å². The average Bonchev–Trinajstić information content (AvgIpc) is 3.02. The molecule has 6 nitrogen and oxygen atoms in total. The van der Waals surface area contributed by atoms with E-state index < -0.39 is 5.92 Å². The van der Waals surface area contributed by atoms with Crippen LogP contribution in [-0.4, -0.2) is 47.8 Å². The number of carbonyl (C=O) groups is 3. The molecule has 1 atom stereocenters. The van der Waals surface area contributed by atoms with Crippen LogP contribution in [0.1, 0.15) is 29.9 Å². The zero-order chi connectivity index (χ0) is 20.5. The number of benzene rings is 2. The number of halogens is 1. The monoisotopic (exact) mass is 411 g/mol. The first-order chi connectivity index (χ1) is 13.9. The third-order valence-corrected chi connectivity index (χ3v) is 6.01. The molecule has 4 amide bonds. The second-order valence-electron chi connectivity index (χ2n) is 7.54. The van der Waals surface area contributed by atoms with Gasteiger partial charge < -0.3 is 9.80 Å². The largest absolute Gasteiger partial charge is 0.326 e. The second kappa shape index (κ2) is 7.87. The Kier molecular flexibility index (Phi) is 5.28. The lowest BCUT2D eigenvalue weighted by atomic mass is 9.88. The molecule has 2 aliphatic rings. The third-order valence-electron chi connectivity index (χ3n) is 5.58. The van der Waals surface area contributed by atoms with E-state index in [9.17, 15) is 14.4 Å². The summed E-state index contributed by atoms with van der Waals surface area (Å²) in [5.74, 6) is -0.953. The van der Waals surface area contributed by atoms with Crippen molar-refractivity contribution in [1.29, 1.82) is 0 Å². The Morgan fingerprint density at radius 1 is 1.07 bits per heavy atom. The quantitative estimate of drug-likeness (QED) is 0.784. The van der Waals surface area contributed by atoms with Crippen LogP contribution >= 0.6 is 11.6 Å². The highest BCUT2D eigenvalue weighted by molar-refractivity contribution is 6.34. The molecule has 1 unspecified atom stereocenters. The summed E-state index contributed by atoms with van der Waals surface area (Å²) in [4.78, 5) is 39.3. The number of nitrogens with zero attached hydrogens (tertiary/aromatic N) is 2. The SMILES string of the molecule is CN1CCN(Cc2ccc(-c3cccc(C4CCC(=O)NC4=O)c3Cl)cc2)C1=O. The van der Waals surface area contributed by atoms with Crippen LogP contribution in [0.5, 0.6) is 0 Å². The normalized spacial score (nSPS) is 19.7. The molecule has 7 heteroatoms. The molecule has 2 aromatic rings. The van der Waals surface area contributed by atoms with Crippen LogP contribution in [0, 0.1) is 0 Å². The highest BCUT2D eigenvalue weighted by atomic mass is 35.5. The summed E-state index contributed by atoms with van der Waals surface area (Å²) in [6.07, 6.45) is 0.779. The van der Waals surface area contributed by atoms with Gasteiger partial charge in [-0.2, -0.15) is 0 Å². The highest BCUT2D eigenvalue weighted by Crippen LogP contribution is 2.37. The predicted octanol–water partition coefficient (Wildman–Crippen LogP) is 3.39. The zero-order valence-electron chi connectivity index (χ0n) is 16.2. The lowest BCUT2D eigenvalue weighted by Gasteiger charge is -2.23. The maximum Gasteiger partial charge on any atom is 0.320 e. The molecule has 0 aromatic heterocycles. The molecule has 2 aliphatic heterocycles. The van der Waals surface area contributed by atoms with E-state index in [2.05, 4.69) is 5.32 Å². The molecule has 0 spiro atoms. The van der Waals surface area contributed by atoms with Gasteiger partial charge in [-0.25, -0.2) is 4.79 Å². The van der Waals surface area contributed by atoms with Crippen LogP contribution < -0.4 is 5.32 Å². The first kappa shape index (κ1) is 19.5. The van der Waals surface area contributed by atoms with Crippen LogP contribution in [-0.2, 0) is 16.1 Å². The van der Waals surface area contributed by atoms with Gasteiger partial charge in [-0.05, 0) is 23.1 Å². The summed E-state index contributed by atoms with van der Waals surface area (Å²) in [5, 5.41) is 2.92. The van der Waals surface area contributed by atoms with Gasteiger partial charge >= 0.3 is 6.03 Å². The molecule has 0 bridgehead atoms. The van der Waals surface area contributed by atoms with Crippen LogP contribution in [0.3, 0.4) is 0 Å². The van der Waals surface area contributed by atoms with Gasteiger partial charge in [0.05, 0.1) is 10.9 Å². The van der Waals surface area contributed by atoms with Gasteiger partial charge in [-0.15, -0.1) is 0 Å². The Hall–Kier alpha value is -2.86. The molecule has 150 valence electrons. The lowest BCUT2D eigenvalue weighted by molar-refractivity contribution is -0.134. The maximum atomic E-state index is 12.2. The van der Waals surface area contributed by atoms with Crippen molar-refractivity contribution in [3.05, 3.63) is 58.6 Å². The van der Waals surface area contributed by atoms with E-state index in [1.54, 1.807) is 4.90 Å². The van der Waals surface area contributed by atoms with Gasteiger partial charge in [0.25, 0.3) is 0 Å². The van der Waals surface area contributed by atoms with E-state index in [1.165, 1.54) is 0 Å². The van der Waals surface area contributed by atoms with Crippen molar-refractivity contribution in [1.82, 2.24) is 15.1 Å². The van der Waals surface area contributed by atoms with E-state index in [0.717, 1.165) is 35.3 Å². The van der Waals surface area contributed by atoms with Crippen molar-refractivity contribution in [2.75, 3.05) is 20.1 Å². The number of likely N-dealkylation sites (N-methyl/N-ethyl adjacent to an activating group) is 1. The van der Waals surface area contributed by atoms with Gasteiger partial charge in [0.15, 0.2) is 0 Å². The van der Waals surface area contributed by atoms with Gasteiger partial charge in [-0.3, -0.25) is 14.9 Å².